The van der Waals surface area contributed by atoms with Crippen LogP contribution in [0.4, 0.5) is 10.5 Å². The van der Waals surface area contributed by atoms with Gasteiger partial charge in [0.2, 0.25) is 5.96 Å². The van der Waals surface area contributed by atoms with Crippen molar-refractivity contribution in [3.05, 3.63) is 83.4 Å². The van der Waals surface area contributed by atoms with Crippen LogP contribution in [0, 0.1) is 10.8 Å². The minimum absolute atomic E-state index is 0.0462. The number of aliphatic imine (C=N–C) groups is 1. The third-order valence-electron chi connectivity index (χ3n) is 8.78. The summed E-state index contributed by atoms with van der Waals surface area (Å²) in [4.78, 5) is 19.9. The maximum atomic E-state index is 13.3. The SMILES string of the molecule is CCC(N)=CC(=Nc1cnn(CCO)c1)NC(=O)N[C@H]1CCC(Oc2ccc(=N)n(C(=N)N3[C@H](C)CCC[C@@H]3C)c2)c2ccccc21. The molecule has 2 aromatic heterocycles. The van der Waals surface area contributed by atoms with Crippen LogP contribution in [0.3, 0.4) is 0 Å². The molecule has 4 atom stereocenters. The van der Waals surface area contributed by atoms with Gasteiger partial charge in [-0.3, -0.25) is 25.4 Å². The van der Waals surface area contributed by atoms with Crippen molar-refractivity contribution in [3.63, 3.8) is 0 Å². The minimum Gasteiger partial charge on any atom is -0.484 e. The van der Waals surface area contributed by atoms with Crippen molar-refractivity contribution in [1.82, 2.24) is 29.9 Å². The number of aliphatic hydroxyl groups is 1. The van der Waals surface area contributed by atoms with E-state index in [9.17, 15) is 9.90 Å². The molecule has 2 amide bonds. The van der Waals surface area contributed by atoms with Crippen molar-refractivity contribution in [1.29, 1.82) is 10.8 Å². The highest BCUT2D eigenvalue weighted by Gasteiger charge is 2.31. The second-order valence-corrected chi connectivity index (χ2v) is 12.2. The molecule has 1 unspecified atom stereocenters. The van der Waals surface area contributed by atoms with E-state index in [4.69, 9.17) is 21.3 Å². The summed E-state index contributed by atoms with van der Waals surface area (Å²) in [5.74, 6) is 1.15. The molecule has 13 heteroatoms. The third-order valence-corrected chi connectivity index (χ3v) is 8.78. The van der Waals surface area contributed by atoms with Crippen molar-refractivity contribution in [2.75, 3.05) is 6.61 Å². The van der Waals surface area contributed by atoms with E-state index >= 15 is 0 Å². The molecular weight excluding hydrogens is 596 g/mol. The van der Waals surface area contributed by atoms with Gasteiger partial charge >= 0.3 is 6.03 Å². The van der Waals surface area contributed by atoms with E-state index in [2.05, 4.69) is 39.5 Å². The Morgan fingerprint density at radius 2 is 1.87 bits per heavy atom. The number of nitrogens with zero attached hydrogens (tertiary/aromatic N) is 5. The zero-order chi connectivity index (χ0) is 33.5. The van der Waals surface area contributed by atoms with Gasteiger partial charge in [0.05, 0.1) is 37.8 Å². The number of likely N-dealkylation sites (tertiary alicyclic amines) is 1. The molecule has 1 aromatic carbocycles. The maximum Gasteiger partial charge on any atom is 0.320 e. The van der Waals surface area contributed by atoms with E-state index in [1.165, 1.54) is 0 Å². The molecule has 1 saturated heterocycles. The van der Waals surface area contributed by atoms with Gasteiger partial charge in [-0.25, -0.2) is 9.79 Å². The quantitative estimate of drug-likeness (QED) is 0.156. The van der Waals surface area contributed by atoms with Gasteiger partial charge in [-0.2, -0.15) is 5.10 Å². The molecule has 0 spiro atoms. The fourth-order valence-corrected chi connectivity index (χ4v) is 6.34. The highest BCUT2D eigenvalue weighted by molar-refractivity contribution is 6.05. The molecule has 250 valence electrons. The normalized spacial score (nSPS) is 21.6. The summed E-state index contributed by atoms with van der Waals surface area (Å²) in [5, 5.41) is 36.8. The van der Waals surface area contributed by atoms with Crippen LogP contribution in [0.25, 0.3) is 0 Å². The molecule has 0 bridgehead atoms. The minimum atomic E-state index is -0.419. The van der Waals surface area contributed by atoms with E-state index in [1.807, 2.05) is 31.2 Å². The number of benzene rings is 1. The first-order valence-corrected chi connectivity index (χ1v) is 16.3. The topological polar surface area (TPSA) is 183 Å². The van der Waals surface area contributed by atoms with Crippen molar-refractivity contribution in [2.45, 2.75) is 90.1 Å². The Hall–Kier alpha value is -4.91. The Morgan fingerprint density at radius 3 is 2.60 bits per heavy atom. The Bertz CT molecular complexity index is 1680. The van der Waals surface area contributed by atoms with Crippen LogP contribution in [0.5, 0.6) is 5.75 Å². The fourth-order valence-electron chi connectivity index (χ4n) is 6.34. The second kappa shape index (κ2) is 15.1. The van der Waals surface area contributed by atoms with Gasteiger partial charge in [-0.1, -0.05) is 31.2 Å². The van der Waals surface area contributed by atoms with Crippen molar-refractivity contribution < 1.29 is 14.6 Å². The lowest BCUT2D eigenvalue weighted by atomic mass is 9.85. The van der Waals surface area contributed by atoms with Gasteiger partial charge < -0.3 is 25.8 Å². The standard InChI is InChI=1S/C34H46N10O3/c1-4-24(35)18-32(39-25-19-38-42(20-25)16-17-45)41-34(46)40-29-13-14-30(28-11-6-5-10-27(28)29)47-26-12-15-31(36)43(21-26)33(37)44-22(2)8-7-9-23(44)3/h5-6,10-12,15,18-23,29-30,36-37,45H,4,7-9,13-14,16-17,35H2,1-3H3,(H2,39,40,41,46)/t22-,23+,29-,30?/m0/s1. The lowest BCUT2D eigenvalue weighted by Crippen LogP contribution is -2.51. The second-order valence-electron chi connectivity index (χ2n) is 12.2. The number of fused-ring (bicyclic) bond motifs is 1. The summed E-state index contributed by atoms with van der Waals surface area (Å²) in [6.07, 6.45) is 11.4. The van der Waals surface area contributed by atoms with Gasteiger partial charge in [0.1, 0.15) is 28.9 Å². The summed E-state index contributed by atoms with van der Waals surface area (Å²) < 4.78 is 9.68. The lowest BCUT2D eigenvalue weighted by Gasteiger charge is -2.41. The first kappa shape index (κ1) is 33.5. The molecule has 1 aliphatic heterocycles. The number of nitrogens with one attached hydrogen (secondary N) is 4. The number of carbonyl (C=O) groups is 1. The number of urea groups is 1. The molecule has 5 rings (SSSR count). The number of amidine groups is 1. The number of ether oxygens (including phenoxy) is 1. The summed E-state index contributed by atoms with van der Waals surface area (Å²) in [6, 6.07) is 11.1. The Morgan fingerprint density at radius 1 is 1.13 bits per heavy atom. The number of hydrogen-bond acceptors (Lipinski definition) is 8. The first-order valence-electron chi connectivity index (χ1n) is 16.3. The molecule has 47 heavy (non-hydrogen) atoms. The number of nitrogens with two attached hydrogens (primary N) is 1. The number of rotatable bonds is 8. The average molecular weight is 643 g/mol. The monoisotopic (exact) mass is 642 g/mol. The summed E-state index contributed by atoms with van der Waals surface area (Å²) in [6.45, 7) is 6.49. The zero-order valence-electron chi connectivity index (χ0n) is 27.3. The molecule has 13 nitrogen and oxygen atoms in total. The van der Waals surface area contributed by atoms with Crippen LogP contribution in [-0.4, -0.2) is 60.9 Å². The van der Waals surface area contributed by atoms with Crippen LogP contribution in [0.15, 0.2) is 71.8 Å². The molecular formula is C34H46N10O3. The summed E-state index contributed by atoms with van der Waals surface area (Å²) >= 11 is 0. The third kappa shape index (κ3) is 8.09. The maximum absolute atomic E-state index is 13.3. The Kier molecular flexibility index (Phi) is 10.8. The molecule has 0 saturated carbocycles. The zero-order valence-corrected chi connectivity index (χ0v) is 27.3. The van der Waals surface area contributed by atoms with Crippen molar-refractivity contribution in [2.24, 2.45) is 10.7 Å². The van der Waals surface area contributed by atoms with E-state index in [-0.39, 0.29) is 48.1 Å². The largest absolute Gasteiger partial charge is 0.484 e. The smallest absolute Gasteiger partial charge is 0.320 e. The molecule has 7 N–H and O–H groups in total. The van der Waals surface area contributed by atoms with Crippen LogP contribution in [-0.2, 0) is 6.54 Å². The Balaban J connectivity index is 1.30. The Labute approximate surface area is 275 Å². The first-order chi connectivity index (χ1) is 22.7. The number of carbonyl (C=O) groups excluding carboxylic acids is 1. The molecule has 3 aromatic rings. The van der Waals surface area contributed by atoms with Crippen molar-refractivity contribution in [3.8, 4) is 5.75 Å². The van der Waals surface area contributed by atoms with Gasteiger partial charge in [-0.05, 0) is 81.7 Å². The van der Waals surface area contributed by atoms with Gasteiger partial charge in [0.25, 0.3) is 0 Å². The number of aromatic nitrogens is 3. The number of pyridine rings is 1. The average Bonchev–Trinajstić information content (AvgIpc) is 3.49. The number of amides is 2. The van der Waals surface area contributed by atoms with E-state index in [1.54, 1.807) is 46.0 Å². The van der Waals surface area contributed by atoms with Crippen LogP contribution in [0.1, 0.15) is 82.6 Å². The number of aliphatic hydroxyl groups excluding tert-OH is 1. The number of hydrogen-bond donors (Lipinski definition) is 6. The highest BCUT2D eigenvalue weighted by atomic mass is 16.5. The highest BCUT2D eigenvalue weighted by Crippen LogP contribution is 2.38. The fraction of sp³-hybridized carbons (Fsp3) is 0.441. The lowest BCUT2D eigenvalue weighted by molar-refractivity contribution is 0.169. The predicted octanol–water partition coefficient (Wildman–Crippen LogP) is 4.44. The van der Waals surface area contributed by atoms with Gasteiger partial charge in [0, 0.05) is 17.8 Å². The van der Waals surface area contributed by atoms with Crippen LogP contribution in [0.2, 0.25) is 0 Å². The van der Waals surface area contributed by atoms with Gasteiger partial charge in [-0.15, -0.1) is 0 Å². The summed E-state index contributed by atoms with van der Waals surface area (Å²) in [5.41, 5.74) is 9.32. The van der Waals surface area contributed by atoms with Crippen LogP contribution < -0.4 is 26.6 Å². The molecule has 0 radical (unpaired) electrons. The predicted molar refractivity (Wildman–Crippen MR) is 180 cm³/mol. The molecule has 1 fully saturated rings. The van der Waals surface area contributed by atoms with E-state index in [0.29, 0.717) is 42.9 Å². The molecule has 3 heterocycles. The molecule has 2 aliphatic rings. The van der Waals surface area contributed by atoms with Gasteiger partial charge in [0.15, 0.2) is 0 Å². The van der Waals surface area contributed by atoms with Crippen LogP contribution >= 0.6 is 0 Å². The number of piperidine rings is 1. The van der Waals surface area contributed by atoms with Crippen molar-refractivity contribution >= 4 is 23.5 Å². The number of allylic oxidation sites excluding steroid dienone is 1. The summed E-state index contributed by atoms with van der Waals surface area (Å²) in [7, 11) is 0. The van der Waals surface area contributed by atoms with E-state index in [0.717, 1.165) is 30.4 Å². The molecule has 1 aliphatic carbocycles. The van der Waals surface area contributed by atoms with E-state index < -0.39 is 6.03 Å².